The number of thioether (sulfide) groups is 1. The summed E-state index contributed by atoms with van der Waals surface area (Å²) < 4.78 is 24.5. The van der Waals surface area contributed by atoms with Crippen molar-refractivity contribution in [3.8, 4) is 0 Å². The summed E-state index contributed by atoms with van der Waals surface area (Å²) in [5.41, 5.74) is 2.67. The quantitative estimate of drug-likeness (QED) is 0.474. The van der Waals surface area contributed by atoms with Gasteiger partial charge in [0, 0.05) is 25.0 Å². The van der Waals surface area contributed by atoms with Crippen molar-refractivity contribution in [1.82, 2.24) is 5.32 Å². The van der Waals surface area contributed by atoms with Crippen molar-refractivity contribution < 1.29 is 8.42 Å². The highest BCUT2D eigenvalue weighted by molar-refractivity contribution is 7.98. The second kappa shape index (κ2) is 10.5. The smallest absolute Gasteiger partial charge is 0.231 e. The SMILES string of the molecule is CN(c1cccc(NC(=S)NCCCSCc2ccccc2)c1)S(C)(=O)=O. The molecule has 0 aliphatic carbocycles. The van der Waals surface area contributed by atoms with Crippen LogP contribution in [0.2, 0.25) is 0 Å². The molecule has 2 rings (SSSR count). The van der Waals surface area contributed by atoms with E-state index in [1.54, 1.807) is 18.2 Å². The third-order valence-electron chi connectivity index (χ3n) is 3.83. The van der Waals surface area contributed by atoms with Gasteiger partial charge in [-0.3, -0.25) is 4.31 Å². The number of hydrogen-bond donors (Lipinski definition) is 2. The Morgan fingerprint density at radius 1 is 1.15 bits per heavy atom. The average molecular weight is 424 g/mol. The van der Waals surface area contributed by atoms with Crippen LogP contribution in [0.3, 0.4) is 0 Å². The lowest BCUT2D eigenvalue weighted by atomic mass is 10.2. The Balaban J connectivity index is 1.70. The summed E-state index contributed by atoms with van der Waals surface area (Å²) in [6.45, 7) is 0.788. The fourth-order valence-electron chi connectivity index (χ4n) is 2.29. The van der Waals surface area contributed by atoms with Crippen LogP contribution in [-0.4, -0.2) is 39.1 Å². The molecular formula is C19H25N3O2S3. The van der Waals surface area contributed by atoms with Crippen molar-refractivity contribution in [2.24, 2.45) is 0 Å². The first-order chi connectivity index (χ1) is 12.9. The summed E-state index contributed by atoms with van der Waals surface area (Å²) in [5, 5.41) is 6.81. The van der Waals surface area contributed by atoms with E-state index in [2.05, 4.69) is 34.9 Å². The first-order valence-electron chi connectivity index (χ1n) is 8.57. The minimum atomic E-state index is -3.29. The molecule has 2 aromatic rings. The molecule has 0 bridgehead atoms. The second-order valence-electron chi connectivity index (χ2n) is 6.05. The Morgan fingerprint density at radius 3 is 2.59 bits per heavy atom. The molecule has 0 fully saturated rings. The highest BCUT2D eigenvalue weighted by Crippen LogP contribution is 2.20. The normalized spacial score (nSPS) is 11.0. The highest BCUT2D eigenvalue weighted by Gasteiger charge is 2.12. The zero-order chi connectivity index (χ0) is 19.7. The molecule has 0 amide bonds. The maximum atomic E-state index is 11.6. The molecule has 0 spiro atoms. The average Bonchev–Trinajstić information content (AvgIpc) is 2.64. The molecule has 0 atom stereocenters. The van der Waals surface area contributed by atoms with Gasteiger partial charge >= 0.3 is 0 Å². The van der Waals surface area contributed by atoms with Crippen LogP contribution in [0.15, 0.2) is 54.6 Å². The molecular weight excluding hydrogens is 398 g/mol. The summed E-state index contributed by atoms with van der Waals surface area (Å²) >= 11 is 7.22. The monoisotopic (exact) mass is 423 g/mol. The predicted octanol–water partition coefficient (Wildman–Crippen LogP) is 3.69. The Labute approximate surface area is 171 Å². The topological polar surface area (TPSA) is 61.4 Å². The first-order valence-corrected chi connectivity index (χ1v) is 12.0. The maximum absolute atomic E-state index is 11.6. The summed E-state index contributed by atoms with van der Waals surface area (Å²) in [6.07, 6.45) is 2.19. The Hall–Kier alpha value is -1.77. The molecule has 146 valence electrons. The van der Waals surface area contributed by atoms with E-state index in [9.17, 15) is 8.42 Å². The van der Waals surface area contributed by atoms with E-state index < -0.39 is 10.0 Å². The Bertz CT molecular complexity index is 842. The number of sulfonamides is 1. The fourth-order valence-corrected chi connectivity index (χ4v) is 3.92. The van der Waals surface area contributed by atoms with Crippen molar-refractivity contribution in [1.29, 1.82) is 0 Å². The zero-order valence-electron chi connectivity index (χ0n) is 15.5. The predicted molar refractivity (Wildman–Crippen MR) is 121 cm³/mol. The van der Waals surface area contributed by atoms with Crippen molar-refractivity contribution in [3.63, 3.8) is 0 Å². The Morgan fingerprint density at radius 2 is 1.89 bits per heavy atom. The van der Waals surface area contributed by atoms with Crippen molar-refractivity contribution >= 4 is 50.5 Å². The van der Waals surface area contributed by atoms with Crippen LogP contribution in [0.5, 0.6) is 0 Å². The van der Waals surface area contributed by atoms with E-state index in [0.29, 0.717) is 10.8 Å². The molecule has 2 aromatic carbocycles. The first kappa shape index (κ1) is 21.5. The summed E-state index contributed by atoms with van der Waals surface area (Å²) in [7, 11) is -1.76. The van der Waals surface area contributed by atoms with Gasteiger partial charge in [0.25, 0.3) is 0 Å². The summed E-state index contributed by atoms with van der Waals surface area (Å²) in [4.78, 5) is 0. The molecule has 0 heterocycles. The molecule has 5 nitrogen and oxygen atoms in total. The van der Waals surface area contributed by atoms with Crippen LogP contribution in [0.1, 0.15) is 12.0 Å². The largest absolute Gasteiger partial charge is 0.362 e. The van der Waals surface area contributed by atoms with Crippen molar-refractivity contribution in [3.05, 3.63) is 60.2 Å². The van der Waals surface area contributed by atoms with E-state index >= 15 is 0 Å². The minimum Gasteiger partial charge on any atom is -0.362 e. The van der Waals surface area contributed by atoms with Crippen LogP contribution in [-0.2, 0) is 15.8 Å². The van der Waals surface area contributed by atoms with Gasteiger partial charge < -0.3 is 10.6 Å². The molecule has 0 saturated carbocycles. The molecule has 0 saturated heterocycles. The van der Waals surface area contributed by atoms with Gasteiger partial charge in [-0.15, -0.1) is 0 Å². The number of nitrogens with one attached hydrogen (secondary N) is 2. The van der Waals surface area contributed by atoms with Crippen molar-refractivity contribution in [2.45, 2.75) is 12.2 Å². The lowest BCUT2D eigenvalue weighted by Gasteiger charge is -2.18. The van der Waals surface area contributed by atoms with Gasteiger partial charge in [0.1, 0.15) is 0 Å². The number of rotatable bonds is 9. The van der Waals surface area contributed by atoms with Crippen molar-refractivity contribution in [2.75, 3.05) is 35.2 Å². The van der Waals surface area contributed by atoms with Gasteiger partial charge in [0.05, 0.1) is 11.9 Å². The number of benzene rings is 2. The van der Waals surface area contributed by atoms with Gasteiger partial charge in [0.15, 0.2) is 5.11 Å². The molecule has 0 aromatic heterocycles. The standard InChI is InChI=1S/C19H25N3O2S3/c1-22(27(2,23)24)18-11-6-10-17(14-18)21-19(25)20-12-7-13-26-15-16-8-4-3-5-9-16/h3-6,8-11,14H,7,12-13,15H2,1-2H3,(H2,20,21,25). The molecule has 0 aliphatic rings. The summed E-state index contributed by atoms with van der Waals surface area (Å²) in [6, 6.07) is 17.6. The molecule has 8 heteroatoms. The third-order valence-corrected chi connectivity index (χ3v) is 6.39. The second-order valence-corrected chi connectivity index (χ2v) is 9.58. The molecule has 27 heavy (non-hydrogen) atoms. The van der Waals surface area contributed by atoms with Gasteiger partial charge in [-0.2, -0.15) is 11.8 Å². The fraction of sp³-hybridized carbons (Fsp3) is 0.316. The van der Waals surface area contributed by atoms with Gasteiger partial charge in [-0.05, 0) is 48.2 Å². The summed E-state index contributed by atoms with van der Waals surface area (Å²) in [5.74, 6) is 2.07. The zero-order valence-corrected chi connectivity index (χ0v) is 18.0. The van der Waals surface area contributed by atoms with Gasteiger partial charge in [-0.1, -0.05) is 36.4 Å². The minimum absolute atomic E-state index is 0.530. The number of hydrogen-bond acceptors (Lipinski definition) is 4. The van der Waals surface area contributed by atoms with Gasteiger partial charge in [-0.25, -0.2) is 8.42 Å². The van der Waals surface area contributed by atoms with Crippen LogP contribution in [0, 0.1) is 0 Å². The van der Waals surface area contributed by atoms with Gasteiger partial charge in [0.2, 0.25) is 10.0 Å². The van der Waals surface area contributed by atoms with Crippen LogP contribution in [0.25, 0.3) is 0 Å². The number of thiocarbonyl (C=S) groups is 1. The molecule has 0 radical (unpaired) electrons. The Kier molecular flexibility index (Phi) is 8.40. The maximum Gasteiger partial charge on any atom is 0.231 e. The van der Waals surface area contributed by atoms with E-state index in [1.807, 2.05) is 23.9 Å². The van der Waals surface area contributed by atoms with Crippen LogP contribution in [0.4, 0.5) is 11.4 Å². The van der Waals surface area contributed by atoms with E-state index in [0.717, 1.165) is 30.2 Å². The lowest BCUT2D eigenvalue weighted by molar-refractivity contribution is 0.600. The highest BCUT2D eigenvalue weighted by atomic mass is 32.2. The molecule has 0 unspecified atom stereocenters. The number of nitrogens with zero attached hydrogens (tertiary/aromatic N) is 1. The van der Waals surface area contributed by atoms with Crippen LogP contribution < -0.4 is 14.9 Å². The number of anilines is 2. The van der Waals surface area contributed by atoms with Crippen LogP contribution >= 0.6 is 24.0 Å². The molecule has 0 aliphatic heterocycles. The van der Waals surface area contributed by atoms with E-state index in [-0.39, 0.29) is 0 Å². The van der Waals surface area contributed by atoms with E-state index in [1.165, 1.54) is 23.2 Å². The molecule has 2 N–H and O–H groups in total. The third kappa shape index (κ3) is 7.78. The lowest BCUT2D eigenvalue weighted by Crippen LogP contribution is -2.29. The van der Waals surface area contributed by atoms with E-state index in [4.69, 9.17) is 12.2 Å².